The molecule has 0 bridgehead atoms. The van der Waals surface area contributed by atoms with Gasteiger partial charge in [0.05, 0.1) is 27.0 Å². The lowest BCUT2D eigenvalue weighted by Crippen LogP contribution is -2.41. The van der Waals surface area contributed by atoms with Gasteiger partial charge in [-0.25, -0.2) is 4.79 Å². The van der Waals surface area contributed by atoms with Gasteiger partial charge in [0.15, 0.2) is 0 Å². The highest BCUT2D eigenvalue weighted by Gasteiger charge is 2.14. The normalized spacial score (nSPS) is 10.8. The SMILES string of the molecule is COc1ccc(Cn2cc(OC)c(=O)n(C(C)C)c2=O)cc1. The van der Waals surface area contributed by atoms with Gasteiger partial charge in [-0.2, -0.15) is 0 Å². The van der Waals surface area contributed by atoms with Crippen molar-refractivity contribution in [3.05, 3.63) is 56.9 Å². The summed E-state index contributed by atoms with van der Waals surface area (Å²) in [5.74, 6) is 0.905. The fourth-order valence-electron chi connectivity index (χ4n) is 2.23. The summed E-state index contributed by atoms with van der Waals surface area (Å²) >= 11 is 0. The van der Waals surface area contributed by atoms with Crippen molar-refractivity contribution in [1.29, 1.82) is 0 Å². The van der Waals surface area contributed by atoms with Crippen LogP contribution in [0, 0.1) is 0 Å². The topological polar surface area (TPSA) is 62.5 Å². The first-order valence-electron chi connectivity index (χ1n) is 7.00. The van der Waals surface area contributed by atoms with E-state index in [1.54, 1.807) is 21.0 Å². The van der Waals surface area contributed by atoms with Crippen LogP contribution in [0.4, 0.5) is 0 Å². The van der Waals surface area contributed by atoms with E-state index in [0.29, 0.717) is 6.54 Å². The average Bonchev–Trinajstić information content (AvgIpc) is 2.50. The van der Waals surface area contributed by atoms with Crippen LogP contribution in [0.15, 0.2) is 40.1 Å². The molecule has 0 fully saturated rings. The second-order valence-corrected chi connectivity index (χ2v) is 5.22. The van der Waals surface area contributed by atoms with Gasteiger partial charge in [-0.15, -0.1) is 0 Å². The predicted octanol–water partition coefficient (Wildman–Crippen LogP) is 1.66. The van der Waals surface area contributed by atoms with E-state index in [2.05, 4.69) is 0 Å². The first kappa shape index (κ1) is 15.9. The van der Waals surface area contributed by atoms with E-state index in [4.69, 9.17) is 9.47 Å². The number of benzene rings is 1. The zero-order valence-electron chi connectivity index (χ0n) is 13.2. The van der Waals surface area contributed by atoms with Crippen LogP contribution in [0.25, 0.3) is 0 Å². The van der Waals surface area contributed by atoms with Gasteiger partial charge in [0.25, 0.3) is 5.56 Å². The molecule has 118 valence electrons. The quantitative estimate of drug-likeness (QED) is 0.843. The molecule has 0 aliphatic heterocycles. The van der Waals surface area contributed by atoms with Crippen LogP contribution in [0.5, 0.6) is 11.5 Å². The molecule has 0 spiro atoms. The van der Waals surface area contributed by atoms with Gasteiger partial charge in [0.2, 0.25) is 5.75 Å². The summed E-state index contributed by atoms with van der Waals surface area (Å²) in [6, 6.07) is 7.18. The van der Waals surface area contributed by atoms with Gasteiger partial charge in [0, 0.05) is 6.04 Å². The van der Waals surface area contributed by atoms with Gasteiger partial charge < -0.3 is 9.47 Å². The van der Waals surface area contributed by atoms with Crippen LogP contribution in [0.3, 0.4) is 0 Å². The Morgan fingerprint density at radius 2 is 1.68 bits per heavy atom. The molecule has 1 aromatic carbocycles. The number of methoxy groups -OCH3 is 2. The summed E-state index contributed by atoms with van der Waals surface area (Å²) in [5, 5.41) is 0. The minimum atomic E-state index is -0.409. The highest BCUT2D eigenvalue weighted by Crippen LogP contribution is 2.12. The third-order valence-electron chi connectivity index (χ3n) is 3.40. The van der Waals surface area contributed by atoms with E-state index in [1.807, 2.05) is 24.3 Å². The van der Waals surface area contributed by atoms with Crippen LogP contribution in [-0.4, -0.2) is 23.4 Å². The van der Waals surface area contributed by atoms with Gasteiger partial charge in [-0.3, -0.25) is 13.9 Å². The van der Waals surface area contributed by atoms with Crippen LogP contribution >= 0.6 is 0 Å². The van der Waals surface area contributed by atoms with Gasteiger partial charge in [-0.05, 0) is 31.5 Å². The highest BCUT2D eigenvalue weighted by atomic mass is 16.5. The lowest BCUT2D eigenvalue weighted by atomic mass is 10.2. The van der Waals surface area contributed by atoms with Crippen molar-refractivity contribution in [1.82, 2.24) is 9.13 Å². The minimum absolute atomic E-state index is 0.154. The molecule has 1 heterocycles. The van der Waals surface area contributed by atoms with Crippen LogP contribution in [-0.2, 0) is 6.54 Å². The Morgan fingerprint density at radius 3 is 2.18 bits per heavy atom. The van der Waals surface area contributed by atoms with E-state index in [-0.39, 0.29) is 17.5 Å². The maximum atomic E-state index is 12.5. The fraction of sp³-hybridized carbons (Fsp3) is 0.375. The third kappa shape index (κ3) is 3.05. The molecule has 0 saturated heterocycles. The van der Waals surface area contributed by atoms with Crippen molar-refractivity contribution < 1.29 is 9.47 Å². The van der Waals surface area contributed by atoms with Crippen molar-refractivity contribution in [2.75, 3.05) is 14.2 Å². The first-order chi connectivity index (χ1) is 10.5. The standard InChI is InChI=1S/C16H20N2O4/c1-11(2)18-15(19)14(22-4)10-17(16(18)20)9-12-5-7-13(21-3)8-6-12/h5-8,10-11H,9H2,1-4H3. The van der Waals surface area contributed by atoms with Crippen molar-refractivity contribution in [2.24, 2.45) is 0 Å². The Hall–Kier alpha value is -2.50. The molecular formula is C16H20N2O4. The Balaban J connectivity index is 2.48. The smallest absolute Gasteiger partial charge is 0.331 e. The van der Waals surface area contributed by atoms with Gasteiger partial charge in [0.1, 0.15) is 5.75 Å². The summed E-state index contributed by atoms with van der Waals surface area (Å²) in [6.07, 6.45) is 1.45. The van der Waals surface area contributed by atoms with Crippen molar-refractivity contribution in [3.63, 3.8) is 0 Å². The Bertz CT molecular complexity index is 757. The first-order valence-corrected chi connectivity index (χ1v) is 7.00. The van der Waals surface area contributed by atoms with E-state index < -0.39 is 5.56 Å². The summed E-state index contributed by atoms with van der Waals surface area (Å²) in [5.41, 5.74) is 0.170. The molecule has 6 nitrogen and oxygen atoms in total. The molecule has 2 rings (SSSR count). The van der Waals surface area contributed by atoms with E-state index in [1.165, 1.54) is 22.4 Å². The molecule has 0 aliphatic rings. The lowest BCUT2D eigenvalue weighted by Gasteiger charge is -2.15. The number of nitrogens with zero attached hydrogens (tertiary/aromatic N) is 2. The summed E-state index contributed by atoms with van der Waals surface area (Å²) in [4.78, 5) is 24.6. The van der Waals surface area contributed by atoms with Gasteiger partial charge >= 0.3 is 5.69 Å². The van der Waals surface area contributed by atoms with Crippen LogP contribution < -0.4 is 20.7 Å². The number of rotatable bonds is 5. The molecule has 0 aliphatic carbocycles. The third-order valence-corrected chi connectivity index (χ3v) is 3.40. The molecule has 0 saturated carbocycles. The number of hydrogen-bond acceptors (Lipinski definition) is 4. The van der Waals surface area contributed by atoms with Gasteiger partial charge in [-0.1, -0.05) is 12.1 Å². The predicted molar refractivity (Wildman–Crippen MR) is 84.0 cm³/mol. The zero-order chi connectivity index (χ0) is 16.3. The number of ether oxygens (including phenoxy) is 2. The monoisotopic (exact) mass is 304 g/mol. The zero-order valence-corrected chi connectivity index (χ0v) is 13.2. The van der Waals surface area contributed by atoms with E-state index in [9.17, 15) is 9.59 Å². The maximum Gasteiger partial charge on any atom is 0.331 e. The molecular weight excluding hydrogens is 284 g/mol. The Morgan fingerprint density at radius 1 is 1.05 bits per heavy atom. The largest absolute Gasteiger partial charge is 0.497 e. The molecule has 0 amide bonds. The highest BCUT2D eigenvalue weighted by molar-refractivity contribution is 5.27. The van der Waals surface area contributed by atoms with E-state index >= 15 is 0 Å². The average molecular weight is 304 g/mol. The summed E-state index contributed by atoms with van der Waals surface area (Å²) in [6.45, 7) is 3.94. The Labute approximate surface area is 128 Å². The second kappa shape index (κ2) is 6.51. The minimum Gasteiger partial charge on any atom is -0.497 e. The molecule has 6 heteroatoms. The van der Waals surface area contributed by atoms with Crippen LogP contribution in [0.2, 0.25) is 0 Å². The fourth-order valence-corrected chi connectivity index (χ4v) is 2.23. The molecule has 0 atom stereocenters. The maximum absolute atomic E-state index is 12.5. The number of aromatic nitrogens is 2. The van der Waals surface area contributed by atoms with Crippen molar-refractivity contribution >= 4 is 0 Å². The number of hydrogen-bond donors (Lipinski definition) is 0. The molecule has 1 aromatic heterocycles. The lowest BCUT2D eigenvalue weighted by molar-refractivity contribution is 0.383. The van der Waals surface area contributed by atoms with Crippen LogP contribution in [0.1, 0.15) is 25.5 Å². The van der Waals surface area contributed by atoms with E-state index in [0.717, 1.165) is 11.3 Å². The summed E-state index contributed by atoms with van der Waals surface area (Å²) < 4.78 is 12.9. The molecule has 2 aromatic rings. The summed E-state index contributed by atoms with van der Waals surface area (Å²) in [7, 11) is 3.02. The molecule has 0 unspecified atom stereocenters. The second-order valence-electron chi connectivity index (χ2n) is 5.22. The molecule has 0 radical (unpaired) electrons. The molecule has 0 N–H and O–H groups in total. The Kier molecular flexibility index (Phi) is 4.70. The molecule has 22 heavy (non-hydrogen) atoms. The van der Waals surface area contributed by atoms with Crippen molar-refractivity contribution in [2.45, 2.75) is 26.4 Å². The van der Waals surface area contributed by atoms with Crippen molar-refractivity contribution in [3.8, 4) is 11.5 Å².